The van der Waals surface area contributed by atoms with E-state index in [2.05, 4.69) is 12.2 Å². The minimum Gasteiger partial charge on any atom is -0.497 e. The van der Waals surface area contributed by atoms with E-state index in [9.17, 15) is 13.2 Å². The van der Waals surface area contributed by atoms with E-state index in [4.69, 9.17) is 14.2 Å². The number of hydrogen-bond donors (Lipinski definition) is 1. The fraction of sp³-hybridized carbons (Fsp3) is 0.458. The maximum Gasteiger partial charge on any atom is 0.264 e. The second kappa shape index (κ2) is 9.91. The van der Waals surface area contributed by atoms with Crippen molar-refractivity contribution in [3.8, 4) is 17.2 Å². The third-order valence-corrected chi connectivity index (χ3v) is 7.98. The highest BCUT2D eigenvalue weighted by Crippen LogP contribution is 2.34. The van der Waals surface area contributed by atoms with Gasteiger partial charge in [0, 0.05) is 12.1 Å². The van der Waals surface area contributed by atoms with Crippen LogP contribution >= 0.6 is 0 Å². The molecule has 1 heterocycles. The van der Waals surface area contributed by atoms with Crippen LogP contribution in [-0.2, 0) is 14.8 Å². The molecule has 2 aromatic carbocycles. The molecule has 2 atom stereocenters. The Balaban J connectivity index is 1.63. The molecule has 1 aliphatic heterocycles. The molecular weight excluding hydrogens is 444 g/mol. The molecule has 178 valence electrons. The Kier molecular flexibility index (Phi) is 6.97. The van der Waals surface area contributed by atoms with E-state index in [1.54, 1.807) is 30.3 Å². The van der Waals surface area contributed by atoms with Gasteiger partial charge in [-0.25, -0.2) is 8.42 Å². The smallest absolute Gasteiger partial charge is 0.264 e. The molecule has 8 nitrogen and oxygen atoms in total. The largest absolute Gasteiger partial charge is 0.497 e. The van der Waals surface area contributed by atoms with Crippen LogP contribution < -0.4 is 23.8 Å². The van der Waals surface area contributed by atoms with Crippen LogP contribution in [0.5, 0.6) is 17.2 Å². The Labute approximate surface area is 194 Å². The summed E-state index contributed by atoms with van der Waals surface area (Å²) in [5.74, 6) is 1.51. The van der Waals surface area contributed by atoms with Gasteiger partial charge in [-0.05, 0) is 55.2 Å². The molecule has 0 unspecified atom stereocenters. The highest BCUT2D eigenvalue weighted by molar-refractivity contribution is 7.92. The van der Waals surface area contributed by atoms with Crippen molar-refractivity contribution >= 4 is 21.6 Å². The van der Waals surface area contributed by atoms with Crippen LogP contribution in [0.25, 0.3) is 0 Å². The van der Waals surface area contributed by atoms with Crippen molar-refractivity contribution in [1.82, 2.24) is 5.32 Å². The normalized spacial score (nSPS) is 20.1. The summed E-state index contributed by atoms with van der Waals surface area (Å²) in [6.07, 6.45) is 4.18. The molecule has 1 N–H and O–H groups in total. The molecule has 0 spiro atoms. The van der Waals surface area contributed by atoms with Crippen LogP contribution in [0.4, 0.5) is 5.69 Å². The second-order valence-electron chi connectivity index (χ2n) is 8.45. The molecule has 0 aromatic heterocycles. The lowest BCUT2D eigenvalue weighted by atomic mass is 9.86. The summed E-state index contributed by atoms with van der Waals surface area (Å²) in [7, 11) is -2.52. The van der Waals surface area contributed by atoms with Gasteiger partial charge >= 0.3 is 0 Å². The molecule has 4 rings (SSSR count). The molecule has 0 saturated heterocycles. The average Bonchev–Trinajstić information content (AvgIpc) is 2.83. The summed E-state index contributed by atoms with van der Waals surface area (Å²) in [5.41, 5.74) is 0.373. The van der Waals surface area contributed by atoms with E-state index in [-0.39, 0.29) is 23.4 Å². The van der Waals surface area contributed by atoms with Crippen molar-refractivity contribution < 1.29 is 27.4 Å². The summed E-state index contributed by atoms with van der Waals surface area (Å²) in [6, 6.07) is 11.2. The summed E-state index contributed by atoms with van der Waals surface area (Å²) >= 11 is 0. The lowest BCUT2D eigenvalue weighted by Gasteiger charge is -2.31. The molecular formula is C24H30N2O6S. The molecule has 1 saturated carbocycles. The van der Waals surface area contributed by atoms with E-state index in [1.807, 2.05) is 0 Å². The summed E-state index contributed by atoms with van der Waals surface area (Å²) in [4.78, 5) is 13.0. The first-order valence-electron chi connectivity index (χ1n) is 11.2. The molecule has 9 heteroatoms. The number of rotatable bonds is 7. The molecule has 1 fully saturated rings. The van der Waals surface area contributed by atoms with Crippen molar-refractivity contribution in [3.63, 3.8) is 0 Å². The van der Waals surface area contributed by atoms with Crippen molar-refractivity contribution in [3.05, 3.63) is 42.5 Å². The number of benzene rings is 2. The highest BCUT2D eigenvalue weighted by Gasteiger charge is 2.30. The maximum atomic E-state index is 13.7. The zero-order chi connectivity index (χ0) is 23.4. The Morgan fingerprint density at radius 3 is 2.45 bits per heavy atom. The number of ether oxygens (including phenoxy) is 3. The molecule has 0 radical (unpaired) electrons. The molecule has 0 bridgehead atoms. The average molecular weight is 475 g/mol. The quantitative estimate of drug-likeness (QED) is 0.661. The number of nitrogens with zero attached hydrogens (tertiary/aromatic N) is 1. The SMILES string of the molecule is COc1ccc(N(CC(=O)N[C@@H]2CCCC[C@H]2C)S(=O)(=O)c2ccc3c(c2)OCCO3)cc1. The minimum absolute atomic E-state index is 0.0291. The van der Waals surface area contributed by atoms with Crippen molar-refractivity contribution in [2.45, 2.75) is 43.5 Å². The van der Waals surface area contributed by atoms with Gasteiger partial charge in [-0.1, -0.05) is 19.8 Å². The third-order valence-electron chi connectivity index (χ3n) is 6.21. The first kappa shape index (κ1) is 23.2. The first-order chi connectivity index (χ1) is 15.9. The number of methoxy groups -OCH3 is 1. The molecule has 33 heavy (non-hydrogen) atoms. The lowest BCUT2D eigenvalue weighted by Crippen LogP contribution is -2.47. The standard InChI is InChI=1S/C24H30N2O6S/c1-17-5-3-4-6-21(17)25-24(27)16-26(18-7-9-19(30-2)10-8-18)33(28,29)20-11-12-22-23(15-20)32-14-13-31-22/h7-12,15,17,21H,3-6,13-14,16H2,1-2H3,(H,25,27)/t17-,21-/m1/s1. The summed E-state index contributed by atoms with van der Waals surface area (Å²) in [6.45, 7) is 2.56. The highest BCUT2D eigenvalue weighted by atomic mass is 32.2. The summed E-state index contributed by atoms with van der Waals surface area (Å²) in [5, 5.41) is 3.05. The lowest BCUT2D eigenvalue weighted by molar-refractivity contribution is -0.120. The Hall–Kier alpha value is -2.94. The number of fused-ring (bicyclic) bond motifs is 1. The number of nitrogens with one attached hydrogen (secondary N) is 1. The molecule has 1 aliphatic carbocycles. The van der Waals surface area contributed by atoms with Crippen LogP contribution in [0.15, 0.2) is 47.4 Å². The number of carbonyl (C=O) groups is 1. The maximum absolute atomic E-state index is 13.7. The first-order valence-corrected chi connectivity index (χ1v) is 12.7. The van der Waals surface area contributed by atoms with Gasteiger partial charge in [0.25, 0.3) is 10.0 Å². The van der Waals surface area contributed by atoms with Gasteiger partial charge in [0.05, 0.1) is 17.7 Å². The topological polar surface area (TPSA) is 94.2 Å². The molecule has 1 amide bonds. The van der Waals surface area contributed by atoms with Gasteiger partial charge in [0.1, 0.15) is 25.5 Å². The fourth-order valence-corrected chi connectivity index (χ4v) is 5.73. The van der Waals surface area contributed by atoms with Crippen molar-refractivity contribution in [1.29, 1.82) is 0 Å². The number of hydrogen-bond acceptors (Lipinski definition) is 6. The van der Waals surface area contributed by atoms with Gasteiger partial charge in [-0.3, -0.25) is 9.10 Å². The minimum atomic E-state index is -4.06. The second-order valence-corrected chi connectivity index (χ2v) is 10.3. The van der Waals surface area contributed by atoms with Crippen LogP contribution in [-0.4, -0.2) is 47.2 Å². The predicted molar refractivity (Wildman–Crippen MR) is 125 cm³/mol. The van der Waals surface area contributed by atoms with Gasteiger partial charge < -0.3 is 19.5 Å². The van der Waals surface area contributed by atoms with E-state index < -0.39 is 10.0 Å². The number of anilines is 1. The van der Waals surface area contributed by atoms with Crippen LogP contribution in [0.2, 0.25) is 0 Å². The van der Waals surface area contributed by atoms with Crippen molar-refractivity contribution in [2.24, 2.45) is 5.92 Å². The van der Waals surface area contributed by atoms with E-state index in [0.717, 1.165) is 30.0 Å². The van der Waals surface area contributed by atoms with Crippen LogP contribution in [0.3, 0.4) is 0 Å². The molecule has 2 aliphatic rings. The van der Waals surface area contributed by atoms with Crippen molar-refractivity contribution in [2.75, 3.05) is 31.2 Å². The zero-order valence-corrected chi connectivity index (χ0v) is 19.8. The van der Waals surface area contributed by atoms with Crippen LogP contribution in [0.1, 0.15) is 32.6 Å². The predicted octanol–water partition coefficient (Wildman–Crippen LogP) is 3.36. The fourth-order valence-electron chi connectivity index (χ4n) is 4.29. The van der Waals surface area contributed by atoms with E-state index in [0.29, 0.717) is 42.1 Å². The van der Waals surface area contributed by atoms with E-state index >= 15 is 0 Å². The van der Waals surface area contributed by atoms with Gasteiger partial charge in [-0.2, -0.15) is 0 Å². The van der Waals surface area contributed by atoms with E-state index in [1.165, 1.54) is 19.2 Å². The third kappa shape index (κ3) is 5.19. The van der Waals surface area contributed by atoms with Crippen LogP contribution in [0, 0.1) is 5.92 Å². The Bertz CT molecular complexity index is 1090. The Morgan fingerprint density at radius 1 is 1.06 bits per heavy atom. The number of sulfonamides is 1. The molecule has 2 aromatic rings. The number of amides is 1. The summed E-state index contributed by atoms with van der Waals surface area (Å²) < 4.78 is 44.8. The van der Waals surface area contributed by atoms with Gasteiger partial charge in [0.15, 0.2) is 11.5 Å². The van der Waals surface area contributed by atoms with Gasteiger partial charge in [0.2, 0.25) is 5.91 Å². The zero-order valence-electron chi connectivity index (χ0n) is 19.0. The van der Waals surface area contributed by atoms with Gasteiger partial charge in [-0.15, -0.1) is 0 Å². The number of carbonyl (C=O) groups excluding carboxylic acids is 1. The monoisotopic (exact) mass is 474 g/mol. The Morgan fingerprint density at radius 2 is 1.76 bits per heavy atom.